The smallest absolute Gasteiger partial charge is 0.346 e. The normalized spacial score (nSPS) is 18.8. The third kappa shape index (κ3) is 4.17. The van der Waals surface area contributed by atoms with Gasteiger partial charge in [-0.2, -0.15) is 5.10 Å². The van der Waals surface area contributed by atoms with Crippen molar-refractivity contribution < 1.29 is 4.79 Å². The Kier molecular flexibility index (Phi) is 6.42. The predicted molar refractivity (Wildman–Crippen MR) is 93.3 cm³/mol. The zero-order valence-corrected chi connectivity index (χ0v) is 15.2. The maximum atomic E-state index is 12.3. The molecule has 24 heavy (non-hydrogen) atoms. The maximum absolute atomic E-state index is 12.3. The third-order valence-corrected chi connectivity index (χ3v) is 4.76. The number of fused-ring (bicyclic) bond motifs is 1. The van der Waals surface area contributed by atoms with Crippen molar-refractivity contribution in [2.75, 3.05) is 40.3 Å². The van der Waals surface area contributed by atoms with Gasteiger partial charge in [-0.15, -0.1) is 12.4 Å². The topological polar surface area (TPSA) is 75.4 Å². The number of rotatable bonds is 4. The first-order valence-corrected chi connectivity index (χ1v) is 8.34. The molecule has 0 bridgehead atoms. The van der Waals surface area contributed by atoms with Crippen LogP contribution in [0.3, 0.4) is 0 Å². The molecular formula is C15H27ClN6O2. The van der Waals surface area contributed by atoms with Crippen LogP contribution in [0.25, 0.3) is 0 Å². The largest absolute Gasteiger partial charge is 0.347 e. The average molecular weight is 359 g/mol. The summed E-state index contributed by atoms with van der Waals surface area (Å²) in [6, 6.07) is 0. The minimum absolute atomic E-state index is 0. The van der Waals surface area contributed by atoms with Crippen molar-refractivity contribution >= 4 is 18.3 Å². The zero-order chi connectivity index (χ0) is 16.4. The molecule has 2 aliphatic rings. The Morgan fingerprint density at radius 1 is 1.29 bits per heavy atom. The van der Waals surface area contributed by atoms with E-state index in [0.29, 0.717) is 13.1 Å². The number of piperidine rings is 1. The lowest BCUT2D eigenvalue weighted by atomic mass is 9.97. The van der Waals surface area contributed by atoms with Gasteiger partial charge >= 0.3 is 5.69 Å². The fourth-order valence-electron chi connectivity index (χ4n) is 3.31. The molecule has 0 saturated carbocycles. The first-order valence-electron chi connectivity index (χ1n) is 8.34. The first kappa shape index (κ1) is 19.0. The van der Waals surface area contributed by atoms with Crippen LogP contribution in [0, 0.1) is 5.92 Å². The fourth-order valence-corrected chi connectivity index (χ4v) is 3.31. The van der Waals surface area contributed by atoms with Gasteiger partial charge in [-0.3, -0.25) is 14.3 Å². The van der Waals surface area contributed by atoms with Crippen LogP contribution in [-0.4, -0.2) is 70.3 Å². The summed E-state index contributed by atoms with van der Waals surface area (Å²) in [5.41, 5.74) is -0.170. The van der Waals surface area contributed by atoms with E-state index >= 15 is 0 Å². The molecule has 0 aliphatic carbocycles. The molecule has 1 amide bonds. The van der Waals surface area contributed by atoms with Crippen molar-refractivity contribution in [2.24, 2.45) is 5.92 Å². The van der Waals surface area contributed by atoms with Crippen molar-refractivity contribution in [2.45, 2.75) is 32.5 Å². The van der Waals surface area contributed by atoms with E-state index in [1.54, 1.807) is 18.7 Å². The second-order valence-electron chi connectivity index (χ2n) is 6.72. The summed E-state index contributed by atoms with van der Waals surface area (Å²) in [5, 5.41) is 7.77. The number of hydrogen-bond acceptors (Lipinski definition) is 5. The number of nitrogens with one attached hydrogen (secondary N) is 1. The monoisotopic (exact) mass is 358 g/mol. The standard InChI is InChI=1S/C15H26N6O2.ClH/c1-18(2)14(22)11-21-15(23)20-8-7-19(10-13(20)17-21)9-12-3-5-16-6-4-12;/h12,16H,3-11H2,1-2H3;1H. The van der Waals surface area contributed by atoms with Crippen LogP contribution < -0.4 is 11.0 Å². The average Bonchev–Trinajstić information content (AvgIpc) is 2.84. The SMILES string of the molecule is CN(C)C(=O)Cn1nc2n(c1=O)CCN(CC1CCNCC1)C2.Cl. The van der Waals surface area contributed by atoms with E-state index in [2.05, 4.69) is 15.3 Å². The number of nitrogens with zero attached hydrogens (tertiary/aromatic N) is 5. The number of likely N-dealkylation sites (N-methyl/N-ethyl adjacent to an activating group) is 1. The number of aromatic nitrogens is 3. The molecule has 3 heterocycles. The Hall–Kier alpha value is -1.38. The lowest BCUT2D eigenvalue weighted by molar-refractivity contribution is -0.129. The molecule has 0 spiro atoms. The van der Waals surface area contributed by atoms with Crippen LogP contribution in [0.1, 0.15) is 18.7 Å². The van der Waals surface area contributed by atoms with E-state index in [9.17, 15) is 9.59 Å². The van der Waals surface area contributed by atoms with Crippen LogP contribution in [0.2, 0.25) is 0 Å². The maximum Gasteiger partial charge on any atom is 0.346 e. The second-order valence-corrected chi connectivity index (χ2v) is 6.72. The molecule has 0 aromatic carbocycles. The molecule has 136 valence electrons. The molecule has 2 aliphatic heterocycles. The van der Waals surface area contributed by atoms with E-state index in [1.807, 2.05) is 0 Å². The molecular weight excluding hydrogens is 332 g/mol. The predicted octanol–water partition coefficient (Wildman–Crippen LogP) is -0.630. The molecule has 1 aromatic rings. The van der Waals surface area contributed by atoms with Gasteiger partial charge in [-0.05, 0) is 31.8 Å². The molecule has 9 heteroatoms. The number of hydrogen-bond donors (Lipinski definition) is 1. The summed E-state index contributed by atoms with van der Waals surface area (Å²) in [5.74, 6) is 1.39. The van der Waals surface area contributed by atoms with E-state index in [4.69, 9.17) is 0 Å². The Balaban J connectivity index is 0.00000208. The fraction of sp³-hybridized carbons (Fsp3) is 0.800. The molecule has 1 saturated heterocycles. The highest BCUT2D eigenvalue weighted by molar-refractivity contribution is 5.85. The van der Waals surface area contributed by atoms with Gasteiger partial charge in [0, 0.05) is 33.7 Å². The second kappa shape index (κ2) is 8.13. The number of halogens is 1. The van der Waals surface area contributed by atoms with Crippen molar-refractivity contribution in [3.63, 3.8) is 0 Å². The molecule has 1 aromatic heterocycles. The molecule has 0 atom stereocenters. The van der Waals surface area contributed by atoms with Crippen LogP contribution in [0.15, 0.2) is 4.79 Å². The summed E-state index contributed by atoms with van der Waals surface area (Å²) in [4.78, 5) is 28.0. The Morgan fingerprint density at radius 2 is 2.00 bits per heavy atom. The number of amides is 1. The minimum Gasteiger partial charge on any atom is -0.347 e. The molecule has 8 nitrogen and oxygen atoms in total. The van der Waals surface area contributed by atoms with Gasteiger partial charge in [0.1, 0.15) is 12.4 Å². The van der Waals surface area contributed by atoms with Gasteiger partial charge in [0.2, 0.25) is 5.91 Å². The van der Waals surface area contributed by atoms with Gasteiger partial charge < -0.3 is 10.2 Å². The van der Waals surface area contributed by atoms with Crippen LogP contribution in [0.4, 0.5) is 0 Å². The van der Waals surface area contributed by atoms with E-state index < -0.39 is 0 Å². The van der Waals surface area contributed by atoms with Crippen molar-refractivity contribution in [1.29, 1.82) is 0 Å². The van der Waals surface area contributed by atoms with Gasteiger partial charge in [0.25, 0.3) is 0 Å². The molecule has 1 N–H and O–H groups in total. The summed E-state index contributed by atoms with van der Waals surface area (Å²) >= 11 is 0. The van der Waals surface area contributed by atoms with Crippen molar-refractivity contribution in [3.05, 3.63) is 16.3 Å². The van der Waals surface area contributed by atoms with Gasteiger partial charge in [0.15, 0.2) is 0 Å². The van der Waals surface area contributed by atoms with Gasteiger partial charge in [-0.25, -0.2) is 9.48 Å². The molecule has 1 fully saturated rings. The number of carbonyl (C=O) groups is 1. The minimum atomic E-state index is -0.170. The summed E-state index contributed by atoms with van der Waals surface area (Å²) in [7, 11) is 3.37. The third-order valence-electron chi connectivity index (χ3n) is 4.76. The molecule has 0 unspecified atom stereocenters. The van der Waals surface area contributed by atoms with Gasteiger partial charge in [0.05, 0.1) is 6.54 Å². The summed E-state index contributed by atoms with van der Waals surface area (Å²) in [6.07, 6.45) is 2.43. The highest BCUT2D eigenvalue weighted by atomic mass is 35.5. The molecule has 0 radical (unpaired) electrons. The Labute approximate surface area is 148 Å². The lowest BCUT2D eigenvalue weighted by Crippen LogP contribution is -2.42. The van der Waals surface area contributed by atoms with Crippen molar-refractivity contribution in [3.8, 4) is 0 Å². The summed E-state index contributed by atoms with van der Waals surface area (Å²) in [6.45, 7) is 5.52. The quantitative estimate of drug-likeness (QED) is 0.775. The first-order chi connectivity index (χ1) is 11.0. The van der Waals surface area contributed by atoms with Crippen LogP contribution >= 0.6 is 12.4 Å². The molecule has 3 rings (SSSR count). The van der Waals surface area contributed by atoms with Crippen molar-refractivity contribution in [1.82, 2.24) is 29.5 Å². The lowest BCUT2D eigenvalue weighted by Gasteiger charge is -2.32. The highest BCUT2D eigenvalue weighted by Crippen LogP contribution is 2.16. The van der Waals surface area contributed by atoms with Crippen LogP contribution in [-0.2, 0) is 24.4 Å². The van der Waals surface area contributed by atoms with E-state index in [1.165, 1.54) is 22.4 Å². The van der Waals surface area contributed by atoms with Gasteiger partial charge in [-0.1, -0.05) is 0 Å². The van der Waals surface area contributed by atoms with Crippen LogP contribution in [0.5, 0.6) is 0 Å². The summed E-state index contributed by atoms with van der Waals surface area (Å²) < 4.78 is 3.01. The highest BCUT2D eigenvalue weighted by Gasteiger charge is 2.25. The Bertz CT molecular complexity index is 620. The zero-order valence-electron chi connectivity index (χ0n) is 14.4. The Morgan fingerprint density at radius 3 is 2.67 bits per heavy atom. The van der Waals surface area contributed by atoms with E-state index in [-0.39, 0.29) is 30.5 Å². The van der Waals surface area contributed by atoms with E-state index in [0.717, 1.165) is 37.9 Å². The number of carbonyl (C=O) groups excluding carboxylic acids is 1.